The molecule has 0 radical (unpaired) electrons. The minimum atomic E-state index is -3.56. The lowest BCUT2D eigenvalue weighted by Gasteiger charge is -2.09. The van der Waals surface area contributed by atoms with Crippen LogP contribution in [0.5, 0.6) is 0 Å². The molecule has 0 aliphatic rings. The highest BCUT2D eigenvalue weighted by molar-refractivity contribution is 7.89. The van der Waals surface area contributed by atoms with Crippen molar-refractivity contribution in [1.29, 1.82) is 0 Å². The maximum atomic E-state index is 12.2. The number of sulfonamides is 1. The van der Waals surface area contributed by atoms with Crippen molar-refractivity contribution >= 4 is 27.3 Å². The van der Waals surface area contributed by atoms with Crippen molar-refractivity contribution in [3.8, 4) is 0 Å². The highest BCUT2D eigenvalue weighted by Gasteiger charge is 2.14. The van der Waals surface area contributed by atoms with E-state index < -0.39 is 10.0 Å². The Morgan fingerprint density at radius 1 is 1.17 bits per heavy atom. The zero-order valence-corrected chi connectivity index (χ0v) is 15.4. The fourth-order valence-electron chi connectivity index (χ4n) is 2.03. The molecule has 1 amide bonds. The second kappa shape index (κ2) is 8.41. The highest BCUT2D eigenvalue weighted by atomic mass is 32.2. The molecule has 0 aliphatic heterocycles. The summed E-state index contributed by atoms with van der Waals surface area (Å²) in [5, 5.41) is 4.77. The van der Waals surface area contributed by atoms with Crippen LogP contribution in [0.25, 0.3) is 0 Å². The van der Waals surface area contributed by atoms with E-state index in [4.69, 9.17) is 0 Å². The number of nitrogens with one attached hydrogen (secondary N) is 2. The number of hydrogen-bond acceptors (Lipinski definition) is 4. The van der Waals surface area contributed by atoms with Crippen LogP contribution >= 0.6 is 11.3 Å². The van der Waals surface area contributed by atoms with E-state index in [0.29, 0.717) is 31.0 Å². The molecule has 0 fully saturated rings. The fraction of sp³-hybridized carbons (Fsp3) is 0.353. The van der Waals surface area contributed by atoms with Crippen LogP contribution in [-0.4, -0.2) is 27.4 Å². The zero-order chi connectivity index (χ0) is 17.6. The molecule has 1 heterocycles. The predicted octanol–water partition coefficient (Wildman–Crippen LogP) is 2.65. The summed E-state index contributed by atoms with van der Waals surface area (Å²) in [6.07, 6.45) is 0.659. The minimum absolute atomic E-state index is 0.161. The maximum absolute atomic E-state index is 12.2. The van der Waals surface area contributed by atoms with Gasteiger partial charge in [-0.1, -0.05) is 19.9 Å². The van der Waals surface area contributed by atoms with Gasteiger partial charge < -0.3 is 5.32 Å². The topological polar surface area (TPSA) is 75.3 Å². The Bertz CT molecular complexity index is 752. The van der Waals surface area contributed by atoms with Crippen molar-refractivity contribution in [2.75, 3.05) is 13.1 Å². The van der Waals surface area contributed by atoms with Crippen LogP contribution in [0.3, 0.4) is 0 Å². The standard InChI is InChI=1S/C17H22N2O3S2/c1-13(2)12-18-17(20)14-5-7-16(8-6-14)24(21,22)19-10-9-15-4-3-11-23-15/h3-8,11,13,19H,9-10,12H2,1-2H3,(H,18,20). The van der Waals surface area contributed by atoms with Crippen molar-refractivity contribution in [2.24, 2.45) is 5.92 Å². The Labute approximate surface area is 147 Å². The predicted molar refractivity (Wildman–Crippen MR) is 96.8 cm³/mol. The molecule has 5 nitrogen and oxygen atoms in total. The Balaban J connectivity index is 1.94. The summed E-state index contributed by atoms with van der Waals surface area (Å²) in [5.41, 5.74) is 0.452. The van der Waals surface area contributed by atoms with Crippen LogP contribution in [0.4, 0.5) is 0 Å². The second-order valence-electron chi connectivity index (χ2n) is 5.86. The van der Waals surface area contributed by atoms with Gasteiger partial charge in [-0.3, -0.25) is 4.79 Å². The number of rotatable bonds is 8. The van der Waals surface area contributed by atoms with Crippen LogP contribution in [0, 0.1) is 5.92 Å². The first-order valence-electron chi connectivity index (χ1n) is 7.79. The molecule has 1 aromatic heterocycles. The largest absolute Gasteiger partial charge is 0.352 e. The van der Waals surface area contributed by atoms with E-state index in [0.717, 1.165) is 4.88 Å². The smallest absolute Gasteiger partial charge is 0.251 e. The lowest BCUT2D eigenvalue weighted by atomic mass is 10.2. The van der Waals surface area contributed by atoms with Crippen LogP contribution < -0.4 is 10.0 Å². The molecular weight excluding hydrogens is 344 g/mol. The van der Waals surface area contributed by atoms with Crippen molar-refractivity contribution < 1.29 is 13.2 Å². The van der Waals surface area contributed by atoms with E-state index in [-0.39, 0.29) is 10.8 Å². The van der Waals surface area contributed by atoms with Gasteiger partial charge in [0.15, 0.2) is 0 Å². The molecular formula is C17H22N2O3S2. The van der Waals surface area contributed by atoms with E-state index >= 15 is 0 Å². The Kier molecular flexibility index (Phi) is 6.53. The average molecular weight is 367 g/mol. The van der Waals surface area contributed by atoms with Crippen LogP contribution in [-0.2, 0) is 16.4 Å². The summed E-state index contributed by atoms with van der Waals surface area (Å²) in [6.45, 7) is 4.96. The van der Waals surface area contributed by atoms with Gasteiger partial charge in [0.2, 0.25) is 10.0 Å². The SMILES string of the molecule is CC(C)CNC(=O)c1ccc(S(=O)(=O)NCCc2cccs2)cc1. The number of benzene rings is 1. The molecule has 1 aromatic carbocycles. The van der Waals surface area contributed by atoms with Gasteiger partial charge in [-0.05, 0) is 48.1 Å². The summed E-state index contributed by atoms with van der Waals surface area (Å²) < 4.78 is 27.1. The number of hydrogen-bond donors (Lipinski definition) is 2. The van der Waals surface area contributed by atoms with Gasteiger partial charge in [0.1, 0.15) is 0 Å². The van der Waals surface area contributed by atoms with Crippen LogP contribution in [0.2, 0.25) is 0 Å². The molecule has 0 unspecified atom stereocenters. The summed E-state index contributed by atoms with van der Waals surface area (Å²) in [7, 11) is -3.56. The van der Waals surface area contributed by atoms with Crippen LogP contribution in [0.15, 0.2) is 46.7 Å². The number of carbonyl (C=O) groups is 1. The van der Waals surface area contributed by atoms with E-state index in [2.05, 4.69) is 10.0 Å². The molecule has 24 heavy (non-hydrogen) atoms. The number of carbonyl (C=O) groups excluding carboxylic acids is 1. The summed E-state index contributed by atoms with van der Waals surface area (Å²) >= 11 is 1.60. The maximum Gasteiger partial charge on any atom is 0.251 e. The molecule has 0 saturated heterocycles. The quantitative estimate of drug-likeness (QED) is 0.754. The van der Waals surface area contributed by atoms with Gasteiger partial charge in [-0.25, -0.2) is 13.1 Å². The Hall–Kier alpha value is -1.70. The lowest BCUT2D eigenvalue weighted by Crippen LogP contribution is -2.28. The zero-order valence-electron chi connectivity index (χ0n) is 13.8. The van der Waals surface area contributed by atoms with Gasteiger partial charge in [0.25, 0.3) is 5.91 Å². The Morgan fingerprint density at radius 2 is 1.88 bits per heavy atom. The first-order valence-corrected chi connectivity index (χ1v) is 10.1. The summed E-state index contributed by atoms with van der Waals surface area (Å²) in [6, 6.07) is 9.89. The van der Waals surface area contributed by atoms with Crippen molar-refractivity contribution in [2.45, 2.75) is 25.2 Å². The third kappa shape index (κ3) is 5.43. The molecule has 2 rings (SSSR count). The molecule has 2 N–H and O–H groups in total. The van der Waals surface area contributed by atoms with E-state index in [1.54, 1.807) is 11.3 Å². The van der Waals surface area contributed by atoms with Gasteiger partial charge in [0, 0.05) is 23.5 Å². The lowest BCUT2D eigenvalue weighted by molar-refractivity contribution is 0.0949. The monoisotopic (exact) mass is 366 g/mol. The van der Waals surface area contributed by atoms with Crippen LogP contribution in [0.1, 0.15) is 29.1 Å². The number of amides is 1. The van der Waals surface area contributed by atoms with Crippen molar-refractivity contribution in [1.82, 2.24) is 10.0 Å². The third-order valence-corrected chi connectivity index (χ3v) is 5.75. The highest BCUT2D eigenvalue weighted by Crippen LogP contribution is 2.12. The molecule has 0 bridgehead atoms. The summed E-state index contributed by atoms with van der Waals surface area (Å²) in [4.78, 5) is 13.2. The van der Waals surface area contributed by atoms with E-state index in [1.165, 1.54) is 24.3 Å². The first kappa shape index (κ1) is 18.6. The van der Waals surface area contributed by atoms with Crippen molar-refractivity contribution in [3.05, 3.63) is 52.2 Å². The fourth-order valence-corrected chi connectivity index (χ4v) is 3.77. The first-order chi connectivity index (χ1) is 11.4. The molecule has 0 aliphatic carbocycles. The molecule has 2 aromatic rings. The molecule has 0 saturated carbocycles. The van der Waals surface area contributed by atoms with Gasteiger partial charge in [0.05, 0.1) is 4.90 Å². The minimum Gasteiger partial charge on any atom is -0.352 e. The number of thiophene rings is 1. The molecule has 0 atom stereocenters. The van der Waals surface area contributed by atoms with Gasteiger partial charge >= 0.3 is 0 Å². The third-order valence-electron chi connectivity index (χ3n) is 3.34. The average Bonchev–Trinajstić information content (AvgIpc) is 3.06. The second-order valence-corrected chi connectivity index (χ2v) is 8.65. The Morgan fingerprint density at radius 3 is 2.46 bits per heavy atom. The molecule has 130 valence electrons. The molecule has 7 heteroatoms. The van der Waals surface area contributed by atoms with Gasteiger partial charge in [-0.15, -0.1) is 11.3 Å². The molecule has 0 spiro atoms. The van der Waals surface area contributed by atoms with E-state index in [1.807, 2.05) is 31.4 Å². The van der Waals surface area contributed by atoms with E-state index in [9.17, 15) is 13.2 Å². The normalized spacial score (nSPS) is 11.6. The summed E-state index contributed by atoms with van der Waals surface area (Å²) in [5.74, 6) is 0.166. The van der Waals surface area contributed by atoms with Crippen molar-refractivity contribution in [3.63, 3.8) is 0 Å². The van der Waals surface area contributed by atoms with Gasteiger partial charge in [-0.2, -0.15) is 0 Å².